The van der Waals surface area contributed by atoms with E-state index >= 15 is 0 Å². The normalized spacial score (nSPS) is 16.8. The van der Waals surface area contributed by atoms with Crippen LogP contribution in [0.25, 0.3) is 6.08 Å². The van der Waals surface area contributed by atoms with E-state index in [-0.39, 0.29) is 29.4 Å². The highest BCUT2D eigenvalue weighted by molar-refractivity contribution is 8.18. The van der Waals surface area contributed by atoms with E-state index in [1.165, 1.54) is 12.1 Å². The van der Waals surface area contributed by atoms with Crippen molar-refractivity contribution in [1.82, 2.24) is 0 Å². The van der Waals surface area contributed by atoms with E-state index in [0.717, 1.165) is 17.3 Å². The Balaban J connectivity index is 2.04. The summed E-state index contributed by atoms with van der Waals surface area (Å²) < 4.78 is 5.07. The minimum atomic E-state index is -0.657. The lowest BCUT2D eigenvalue weighted by molar-refractivity contribution is -0.138. The molecule has 0 atom stereocenters. The second-order valence-electron chi connectivity index (χ2n) is 6.06. The highest BCUT2D eigenvalue weighted by atomic mass is 32.2. The van der Waals surface area contributed by atoms with Gasteiger partial charge in [-0.15, -0.1) is 0 Å². The summed E-state index contributed by atoms with van der Waals surface area (Å²) >= 11 is 1.13. The van der Waals surface area contributed by atoms with Crippen LogP contribution in [0, 0.1) is 6.92 Å². The van der Waals surface area contributed by atoms with E-state index in [9.17, 15) is 20.1 Å². The maximum atomic E-state index is 12.4. The molecule has 0 unspecified atom stereocenters. The zero-order valence-electron chi connectivity index (χ0n) is 15.3. The van der Waals surface area contributed by atoms with Gasteiger partial charge in [0.05, 0.1) is 17.2 Å². The molecule has 6 nitrogen and oxygen atoms in total. The number of hydrogen-bond donors (Lipinski definition) is 3. The fourth-order valence-electron chi connectivity index (χ4n) is 2.51. The molecule has 7 heteroatoms. The number of thioether (sulfide) groups is 1. The van der Waals surface area contributed by atoms with Crippen molar-refractivity contribution in [3.63, 3.8) is 0 Å². The molecule has 0 saturated carbocycles. The van der Waals surface area contributed by atoms with Gasteiger partial charge in [-0.2, -0.15) is 0 Å². The van der Waals surface area contributed by atoms with Crippen molar-refractivity contribution < 1.29 is 24.9 Å². The average Bonchev–Trinajstić information content (AvgIpc) is 2.95. The lowest BCUT2D eigenvalue weighted by atomic mass is 10.1. The van der Waals surface area contributed by atoms with Gasteiger partial charge in [0.15, 0.2) is 11.5 Å². The first-order valence-electron chi connectivity index (χ1n) is 8.57. The monoisotopic (exact) mass is 397 g/mol. The fraction of sp³-hybridized carbons (Fsp3) is 0.143. The highest BCUT2D eigenvalue weighted by Crippen LogP contribution is 2.40. The van der Waals surface area contributed by atoms with Crippen LogP contribution in [0.1, 0.15) is 18.1 Å². The molecule has 0 amide bonds. The smallest absolute Gasteiger partial charge is 0.344 e. The van der Waals surface area contributed by atoms with Gasteiger partial charge in [-0.25, -0.2) is 9.79 Å². The molecule has 3 rings (SSSR count). The number of phenols is 2. The molecule has 28 heavy (non-hydrogen) atoms. The van der Waals surface area contributed by atoms with Gasteiger partial charge in [0, 0.05) is 0 Å². The predicted octanol–water partition coefficient (Wildman–Crippen LogP) is 4.60. The standard InChI is InChI=1S/C21H19NO5S/c1-3-27-21(26)18-19(25)17(11-13-6-9-15(23)16(24)10-13)28-20(18)22-14-7-4-12(2)5-8-14/h4-11,23-25H,3H2,1-2H3/b17-11+,22-20?. The van der Waals surface area contributed by atoms with Crippen molar-refractivity contribution in [3.8, 4) is 11.5 Å². The van der Waals surface area contributed by atoms with E-state index in [4.69, 9.17) is 4.74 Å². The summed E-state index contributed by atoms with van der Waals surface area (Å²) in [5.41, 5.74) is 2.27. The predicted molar refractivity (Wildman–Crippen MR) is 110 cm³/mol. The van der Waals surface area contributed by atoms with Crippen LogP contribution in [-0.2, 0) is 9.53 Å². The molecule has 0 spiro atoms. The third-order valence-electron chi connectivity index (χ3n) is 3.93. The van der Waals surface area contributed by atoms with Crippen molar-refractivity contribution in [1.29, 1.82) is 0 Å². The van der Waals surface area contributed by atoms with Crippen LogP contribution in [0.4, 0.5) is 5.69 Å². The summed E-state index contributed by atoms with van der Waals surface area (Å²) in [6, 6.07) is 11.7. The third kappa shape index (κ3) is 4.20. The molecule has 2 aromatic rings. The number of esters is 1. The minimum Gasteiger partial charge on any atom is -0.506 e. The van der Waals surface area contributed by atoms with Crippen LogP contribution >= 0.6 is 11.8 Å². The Labute approximate surface area is 166 Å². The van der Waals surface area contributed by atoms with Crippen LogP contribution in [0.5, 0.6) is 11.5 Å². The molecule has 0 bridgehead atoms. The first-order chi connectivity index (χ1) is 13.4. The Hall–Kier alpha value is -3.19. The van der Waals surface area contributed by atoms with E-state index in [1.54, 1.807) is 19.1 Å². The molecular weight excluding hydrogens is 378 g/mol. The molecule has 0 fully saturated rings. The summed E-state index contributed by atoms with van der Waals surface area (Å²) in [6.07, 6.45) is 1.59. The number of carbonyl (C=O) groups is 1. The number of hydrogen-bond acceptors (Lipinski definition) is 7. The molecule has 2 aromatic carbocycles. The quantitative estimate of drug-likeness (QED) is 0.515. The van der Waals surface area contributed by atoms with Gasteiger partial charge in [-0.3, -0.25) is 0 Å². The number of aromatic hydroxyl groups is 2. The number of aryl methyl sites for hydroxylation is 1. The van der Waals surface area contributed by atoms with E-state index in [2.05, 4.69) is 4.99 Å². The number of aliphatic imine (C=N–C) groups is 1. The van der Waals surface area contributed by atoms with Gasteiger partial charge < -0.3 is 20.1 Å². The summed E-state index contributed by atoms with van der Waals surface area (Å²) in [5, 5.41) is 30.1. The first kappa shape index (κ1) is 19.6. The maximum absolute atomic E-state index is 12.4. The van der Waals surface area contributed by atoms with Crippen LogP contribution in [0.3, 0.4) is 0 Å². The second kappa shape index (κ2) is 8.22. The molecule has 1 aliphatic rings. The van der Waals surface area contributed by atoms with E-state index < -0.39 is 5.97 Å². The van der Waals surface area contributed by atoms with Crippen molar-refractivity contribution in [2.45, 2.75) is 13.8 Å². The zero-order chi connectivity index (χ0) is 20.3. The van der Waals surface area contributed by atoms with Crippen LogP contribution in [0.15, 0.2) is 63.7 Å². The number of aliphatic hydroxyl groups is 1. The minimum absolute atomic E-state index is 0.00155. The van der Waals surface area contributed by atoms with Gasteiger partial charge >= 0.3 is 5.97 Å². The summed E-state index contributed by atoms with van der Waals surface area (Å²) in [7, 11) is 0. The molecule has 1 heterocycles. The number of nitrogens with zero attached hydrogens (tertiary/aromatic N) is 1. The zero-order valence-corrected chi connectivity index (χ0v) is 16.2. The van der Waals surface area contributed by atoms with Crippen LogP contribution in [0.2, 0.25) is 0 Å². The lowest BCUT2D eigenvalue weighted by Gasteiger charge is -2.04. The maximum Gasteiger partial charge on any atom is 0.344 e. The molecule has 0 radical (unpaired) electrons. The Morgan fingerprint density at radius 3 is 2.46 bits per heavy atom. The molecule has 1 aliphatic heterocycles. The van der Waals surface area contributed by atoms with Gasteiger partial charge in [-0.05, 0) is 49.8 Å². The number of phenolic OH excluding ortho intramolecular Hbond substituents is 2. The summed E-state index contributed by atoms with van der Waals surface area (Å²) in [6.45, 7) is 3.82. The third-order valence-corrected chi connectivity index (χ3v) is 4.95. The summed E-state index contributed by atoms with van der Waals surface area (Å²) in [4.78, 5) is 17.2. The average molecular weight is 397 g/mol. The van der Waals surface area contributed by atoms with Crippen LogP contribution in [-0.4, -0.2) is 32.9 Å². The lowest BCUT2D eigenvalue weighted by Crippen LogP contribution is -2.12. The molecule has 3 N–H and O–H groups in total. The Morgan fingerprint density at radius 2 is 1.82 bits per heavy atom. The Bertz CT molecular complexity index is 1010. The second-order valence-corrected chi connectivity index (χ2v) is 7.09. The molecule has 0 aromatic heterocycles. The van der Waals surface area contributed by atoms with Gasteiger partial charge in [0.25, 0.3) is 0 Å². The number of benzene rings is 2. The SMILES string of the molecule is CCOC(=O)C1=C(O)/C(=C\c2ccc(O)c(O)c2)SC1=Nc1ccc(C)cc1. The van der Waals surface area contributed by atoms with Crippen LogP contribution < -0.4 is 0 Å². The van der Waals surface area contributed by atoms with E-state index in [1.807, 2.05) is 31.2 Å². The van der Waals surface area contributed by atoms with Crippen molar-refractivity contribution >= 4 is 34.5 Å². The highest BCUT2D eigenvalue weighted by Gasteiger charge is 2.33. The molecule has 0 aliphatic carbocycles. The largest absolute Gasteiger partial charge is 0.506 e. The van der Waals surface area contributed by atoms with Crippen molar-refractivity contribution in [2.24, 2.45) is 4.99 Å². The topological polar surface area (TPSA) is 99.4 Å². The summed E-state index contributed by atoms with van der Waals surface area (Å²) in [5.74, 6) is -1.41. The molecule has 144 valence electrons. The number of ether oxygens (including phenoxy) is 1. The van der Waals surface area contributed by atoms with Gasteiger partial charge in [0.1, 0.15) is 16.4 Å². The van der Waals surface area contributed by atoms with E-state index in [0.29, 0.717) is 21.2 Å². The van der Waals surface area contributed by atoms with Crippen molar-refractivity contribution in [2.75, 3.05) is 6.61 Å². The number of rotatable bonds is 4. The van der Waals surface area contributed by atoms with Crippen molar-refractivity contribution in [3.05, 3.63) is 69.8 Å². The molecule has 0 saturated heterocycles. The van der Waals surface area contributed by atoms with Gasteiger partial charge in [-0.1, -0.05) is 35.5 Å². The Kier molecular flexibility index (Phi) is 5.75. The van der Waals surface area contributed by atoms with Gasteiger partial charge in [0.2, 0.25) is 0 Å². The number of carbonyl (C=O) groups excluding carboxylic acids is 1. The number of aliphatic hydroxyl groups excluding tert-OH is 1. The first-order valence-corrected chi connectivity index (χ1v) is 9.38. The fourth-order valence-corrected chi connectivity index (χ4v) is 3.55. The Morgan fingerprint density at radius 1 is 1.11 bits per heavy atom. The molecular formula is C21H19NO5S.